The molecule has 2 N–H and O–H groups in total. The van der Waals surface area contributed by atoms with Crippen molar-refractivity contribution in [2.75, 3.05) is 6.26 Å². The van der Waals surface area contributed by atoms with Gasteiger partial charge in [0, 0.05) is 22.9 Å². The molecule has 2 aromatic rings. The Morgan fingerprint density at radius 2 is 2.11 bits per heavy atom. The molecule has 0 bridgehead atoms. The van der Waals surface area contributed by atoms with Crippen LogP contribution in [0.25, 0.3) is 0 Å². The number of nitrogens with zero attached hydrogens (tertiary/aromatic N) is 1. The van der Waals surface area contributed by atoms with Gasteiger partial charge in [-0.25, -0.2) is 4.98 Å². The highest BCUT2D eigenvalue weighted by atomic mass is 32.2. The molecule has 0 saturated carbocycles. The standard InChI is InChI=1S/C13H15N3OS/c1-9(12-14-7-8-15-12)16-13(17)10-3-5-11(18-2)6-4-10/h3-9H,1-2H3,(H,14,15)(H,16,17). The van der Waals surface area contributed by atoms with Gasteiger partial charge >= 0.3 is 0 Å². The van der Waals surface area contributed by atoms with Crippen LogP contribution in [0.2, 0.25) is 0 Å². The summed E-state index contributed by atoms with van der Waals surface area (Å²) in [6, 6.07) is 7.41. The highest BCUT2D eigenvalue weighted by molar-refractivity contribution is 7.98. The normalized spacial score (nSPS) is 12.1. The van der Waals surface area contributed by atoms with E-state index in [-0.39, 0.29) is 11.9 Å². The van der Waals surface area contributed by atoms with Gasteiger partial charge in [-0.2, -0.15) is 0 Å². The summed E-state index contributed by atoms with van der Waals surface area (Å²) in [6.07, 6.45) is 5.42. The number of rotatable bonds is 4. The molecule has 1 atom stereocenters. The van der Waals surface area contributed by atoms with Crippen molar-refractivity contribution in [1.29, 1.82) is 0 Å². The largest absolute Gasteiger partial charge is 0.347 e. The number of thioether (sulfide) groups is 1. The molecule has 4 nitrogen and oxygen atoms in total. The lowest BCUT2D eigenvalue weighted by atomic mass is 10.2. The number of imidazole rings is 1. The molecule has 5 heteroatoms. The molecule has 0 aliphatic rings. The lowest BCUT2D eigenvalue weighted by Crippen LogP contribution is -2.27. The second-order valence-corrected chi connectivity index (χ2v) is 4.78. The van der Waals surface area contributed by atoms with Gasteiger partial charge < -0.3 is 10.3 Å². The van der Waals surface area contributed by atoms with Crippen LogP contribution in [0, 0.1) is 0 Å². The predicted octanol–water partition coefficient (Wildman–Crippen LogP) is 2.62. The third kappa shape index (κ3) is 2.92. The second-order valence-electron chi connectivity index (χ2n) is 3.90. The summed E-state index contributed by atoms with van der Waals surface area (Å²) in [5.41, 5.74) is 0.659. The molecule has 0 radical (unpaired) electrons. The summed E-state index contributed by atoms with van der Waals surface area (Å²) < 4.78 is 0. The van der Waals surface area contributed by atoms with E-state index in [1.165, 1.54) is 0 Å². The number of amides is 1. The minimum Gasteiger partial charge on any atom is -0.347 e. The Labute approximate surface area is 110 Å². The monoisotopic (exact) mass is 261 g/mol. The average molecular weight is 261 g/mol. The van der Waals surface area contributed by atoms with Crippen molar-refractivity contribution in [2.24, 2.45) is 0 Å². The van der Waals surface area contributed by atoms with Crippen molar-refractivity contribution in [1.82, 2.24) is 15.3 Å². The number of hydrogen-bond donors (Lipinski definition) is 2. The summed E-state index contributed by atoms with van der Waals surface area (Å²) in [7, 11) is 0. The fourth-order valence-electron chi connectivity index (χ4n) is 1.61. The third-order valence-corrected chi connectivity index (χ3v) is 3.37. The summed E-state index contributed by atoms with van der Waals surface area (Å²) >= 11 is 1.65. The van der Waals surface area contributed by atoms with Crippen LogP contribution in [-0.2, 0) is 0 Å². The SMILES string of the molecule is CSc1ccc(C(=O)NC(C)c2ncc[nH]2)cc1. The molecule has 0 fully saturated rings. The van der Waals surface area contributed by atoms with E-state index >= 15 is 0 Å². The van der Waals surface area contributed by atoms with Crippen LogP contribution in [0.15, 0.2) is 41.6 Å². The highest BCUT2D eigenvalue weighted by Gasteiger charge is 2.12. The fraction of sp³-hybridized carbons (Fsp3) is 0.231. The Balaban J connectivity index is 2.03. The molecule has 94 valence electrons. The zero-order chi connectivity index (χ0) is 13.0. The fourth-order valence-corrected chi connectivity index (χ4v) is 2.01. The number of nitrogens with one attached hydrogen (secondary N) is 2. The second kappa shape index (κ2) is 5.73. The molecule has 0 saturated heterocycles. The first-order valence-corrected chi connectivity index (χ1v) is 6.87. The number of benzene rings is 1. The van der Waals surface area contributed by atoms with E-state index in [0.717, 1.165) is 10.7 Å². The first-order valence-electron chi connectivity index (χ1n) is 5.65. The van der Waals surface area contributed by atoms with Crippen LogP contribution in [0.4, 0.5) is 0 Å². The van der Waals surface area contributed by atoms with E-state index in [2.05, 4.69) is 15.3 Å². The minimum absolute atomic E-state index is 0.0912. The number of aromatic amines is 1. The first kappa shape index (κ1) is 12.7. The van der Waals surface area contributed by atoms with E-state index in [1.54, 1.807) is 24.2 Å². The maximum absolute atomic E-state index is 12.0. The lowest BCUT2D eigenvalue weighted by molar-refractivity contribution is 0.0938. The Bertz CT molecular complexity index is 508. The Morgan fingerprint density at radius 3 is 2.67 bits per heavy atom. The summed E-state index contributed by atoms with van der Waals surface area (Å²) in [4.78, 5) is 20.2. The Kier molecular flexibility index (Phi) is 4.04. The zero-order valence-corrected chi connectivity index (χ0v) is 11.1. The van der Waals surface area contributed by atoms with Gasteiger partial charge in [0.2, 0.25) is 0 Å². The van der Waals surface area contributed by atoms with Crippen LogP contribution in [0.5, 0.6) is 0 Å². The van der Waals surface area contributed by atoms with Gasteiger partial charge in [0.25, 0.3) is 5.91 Å². The van der Waals surface area contributed by atoms with E-state index in [4.69, 9.17) is 0 Å². The lowest BCUT2D eigenvalue weighted by Gasteiger charge is -2.11. The average Bonchev–Trinajstić information content (AvgIpc) is 2.92. The van der Waals surface area contributed by atoms with Gasteiger partial charge in [-0.3, -0.25) is 4.79 Å². The van der Waals surface area contributed by atoms with E-state index < -0.39 is 0 Å². The van der Waals surface area contributed by atoms with Crippen LogP contribution in [0.3, 0.4) is 0 Å². The van der Waals surface area contributed by atoms with Gasteiger partial charge in [-0.15, -0.1) is 11.8 Å². The Hall–Kier alpha value is -1.75. The van der Waals surface area contributed by atoms with Gasteiger partial charge in [0.05, 0.1) is 6.04 Å². The summed E-state index contributed by atoms with van der Waals surface area (Å²) in [5, 5.41) is 2.90. The minimum atomic E-state index is -0.132. The van der Waals surface area contributed by atoms with Gasteiger partial charge in [0.15, 0.2) is 0 Å². The molecule has 2 rings (SSSR count). The number of hydrogen-bond acceptors (Lipinski definition) is 3. The Morgan fingerprint density at radius 1 is 1.39 bits per heavy atom. The molecule has 1 heterocycles. The molecule has 18 heavy (non-hydrogen) atoms. The maximum Gasteiger partial charge on any atom is 0.251 e. The number of carbonyl (C=O) groups excluding carboxylic acids is 1. The summed E-state index contributed by atoms with van der Waals surface area (Å²) in [5.74, 6) is 0.663. The molecule has 1 aromatic heterocycles. The molecular formula is C13H15N3OS. The molecule has 0 aliphatic heterocycles. The van der Waals surface area contributed by atoms with Crippen LogP contribution < -0.4 is 5.32 Å². The number of H-pyrrole nitrogens is 1. The molecule has 1 unspecified atom stereocenters. The molecular weight excluding hydrogens is 246 g/mol. The van der Waals surface area contributed by atoms with Crippen molar-refractivity contribution in [3.63, 3.8) is 0 Å². The van der Waals surface area contributed by atoms with Crippen molar-refractivity contribution in [3.05, 3.63) is 48.0 Å². The van der Waals surface area contributed by atoms with Crippen LogP contribution >= 0.6 is 11.8 Å². The zero-order valence-electron chi connectivity index (χ0n) is 10.3. The van der Waals surface area contributed by atoms with Crippen LogP contribution in [-0.4, -0.2) is 22.1 Å². The van der Waals surface area contributed by atoms with Crippen molar-refractivity contribution < 1.29 is 4.79 Å². The first-order chi connectivity index (χ1) is 8.70. The van der Waals surface area contributed by atoms with Gasteiger partial charge in [0.1, 0.15) is 5.82 Å². The molecule has 1 aromatic carbocycles. The quantitative estimate of drug-likeness (QED) is 0.832. The molecule has 0 aliphatic carbocycles. The number of carbonyl (C=O) groups is 1. The van der Waals surface area contributed by atoms with Gasteiger partial charge in [-0.1, -0.05) is 0 Å². The maximum atomic E-state index is 12.0. The smallest absolute Gasteiger partial charge is 0.251 e. The third-order valence-electron chi connectivity index (χ3n) is 2.63. The highest BCUT2D eigenvalue weighted by Crippen LogP contribution is 2.15. The molecule has 0 spiro atoms. The van der Waals surface area contributed by atoms with E-state index in [1.807, 2.05) is 37.4 Å². The van der Waals surface area contributed by atoms with E-state index in [0.29, 0.717) is 5.56 Å². The molecule has 1 amide bonds. The van der Waals surface area contributed by atoms with Crippen LogP contribution in [0.1, 0.15) is 29.1 Å². The summed E-state index contributed by atoms with van der Waals surface area (Å²) in [6.45, 7) is 1.90. The predicted molar refractivity (Wildman–Crippen MR) is 72.7 cm³/mol. The van der Waals surface area contributed by atoms with Crippen molar-refractivity contribution in [2.45, 2.75) is 17.9 Å². The topological polar surface area (TPSA) is 57.8 Å². The van der Waals surface area contributed by atoms with Crippen molar-refractivity contribution in [3.8, 4) is 0 Å². The number of aromatic nitrogens is 2. The van der Waals surface area contributed by atoms with Crippen molar-refractivity contribution >= 4 is 17.7 Å². The van der Waals surface area contributed by atoms with Gasteiger partial charge in [-0.05, 0) is 37.4 Å². The van der Waals surface area contributed by atoms with E-state index in [9.17, 15) is 4.79 Å².